The molecular weight excluding hydrogens is 319 g/mol. The highest BCUT2D eigenvalue weighted by atomic mass is 16.4. The standard InChI is InChI=1S/C17H28BN4O3/c1-13(2)10-21(19)12-17(23)22(11-14(3)4)20-9-15-5-7-16(8-6-15)18(24)25/h5-9,13-14,19,24-25H,10-12H2,1-4H3/b20-9+. The Morgan fingerprint density at radius 2 is 1.72 bits per heavy atom. The molecule has 0 spiro atoms. The summed E-state index contributed by atoms with van der Waals surface area (Å²) in [4.78, 5) is 12.4. The molecule has 7 nitrogen and oxygen atoms in total. The highest BCUT2D eigenvalue weighted by Gasteiger charge is 2.17. The fourth-order valence-corrected chi connectivity index (χ4v) is 2.20. The van der Waals surface area contributed by atoms with Crippen LogP contribution in [0.15, 0.2) is 29.4 Å². The Morgan fingerprint density at radius 1 is 1.16 bits per heavy atom. The molecule has 3 N–H and O–H groups in total. The number of hydrogen-bond acceptors (Lipinski definition) is 5. The Kier molecular flexibility index (Phi) is 8.78. The van der Waals surface area contributed by atoms with E-state index < -0.39 is 7.12 Å². The number of nitrogens with zero attached hydrogens (tertiary/aromatic N) is 3. The summed E-state index contributed by atoms with van der Waals surface area (Å²) in [5.41, 5.74) is 1.14. The van der Waals surface area contributed by atoms with Crippen LogP contribution in [0, 0.1) is 11.8 Å². The predicted molar refractivity (Wildman–Crippen MR) is 99.9 cm³/mol. The van der Waals surface area contributed by atoms with Crippen molar-refractivity contribution in [1.29, 1.82) is 0 Å². The lowest BCUT2D eigenvalue weighted by atomic mass is 9.80. The van der Waals surface area contributed by atoms with Crippen LogP contribution < -0.4 is 11.3 Å². The zero-order valence-electron chi connectivity index (χ0n) is 15.4. The minimum atomic E-state index is -1.51. The summed E-state index contributed by atoms with van der Waals surface area (Å²) in [6, 6.07) is 6.58. The van der Waals surface area contributed by atoms with E-state index in [0.29, 0.717) is 24.5 Å². The van der Waals surface area contributed by atoms with Gasteiger partial charge < -0.3 is 10.0 Å². The van der Waals surface area contributed by atoms with Crippen molar-refractivity contribution in [3.63, 3.8) is 0 Å². The third-order valence-electron chi connectivity index (χ3n) is 3.32. The summed E-state index contributed by atoms with van der Waals surface area (Å²) in [6.45, 7) is 9.00. The number of rotatable bonds is 9. The second-order valence-corrected chi connectivity index (χ2v) is 6.93. The minimum Gasteiger partial charge on any atom is -0.423 e. The van der Waals surface area contributed by atoms with E-state index in [4.69, 9.17) is 15.9 Å². The van der Waals surface area contributed by atoms with Gasteiger partial charge in [0.1, 0.15) is 0 Å². The van der Waals surface area contributed by atoms with Gasteiger partial charge in [-0.15, -0.1) is 0 Å². The second-order valence-electron chi connectivity index (χ2n) is 6.93. The van der Waals surface area contributed by atoms with E-state index in [2.05, 4.69) is 5.10 Å². The fourth-order valence-electron chi connectivity index (χ4n) is 2.20. The number of carbonyl (C=O) groups is 1. The van der Waals surface area contributed by atoms with Crippen molar-refractivity contribution < 1.29 is 14.8 Å². The molecule has 25 heavy (non-hydrogen) atoms. The highest BCUT2D eigenvalue weighted by Crippen LogP contribution is 2.04. The normalized spacial score (nSPS) is 11.8. The van der Waals surface area contributed by atoms with Crippen molar-refractivity contribution in [2.75, 3.05) is 19.6 Å². The quantitative estimate of drug-likeness (QED) is 0.382. The number of hydrazone groups is 1. The maximum atomic E-state index is 12.4. The van der Waals surface area contributed by atoms with Crippen molar-refractivity contribution in [2.45, 2.75) is 27.7 Å². The molecular formula is C17H28BN4O3. The van der Waals surface area contributed by atoms with Crippen molar-refractivity contribution in [3.05, 3.63) is 29.8 Å². The highest BCUT2D eigenvalue weighted by molar-refractivity contribution is 6.58. The molecule has 0 fully saturated rings. The van der Waals surface area contributed by atoms with Crippen molar-refractivity contribution in [3.8, 4) is 0 Å². The van der Waals surface area contributed by atoms with Crippen LogP contribution in [0.25, 0.3) is 0 Å². The Labute approximate surface area is 150 Å². The molecule has 0 aliphatic heterocycles. The van der Waals surface area contributed by atoms with E-state index in [1.54, 1.807) is 30.5 Å². The average molecular weight is 347 g/mol. The minimum absolute atomic E-state index is 0.00210. The van der Waals surface area contributed by atoms with Crippen molar-refractivity contribution >= 4 is 24.7 Å². The molecule has 0 aliphatic carbocycles. The first kappa shape index (κ1) is 21.3. The third-order valence-corrected chi connectivity index (χ3v) is 3.32. The topological polar surface area (TPSA) is 100 Å². The maximum Gasteiger partial charge on any atom is 0.488 e. The third kappa shape index (κ3) is 8.26. The molecule has 0 bridgehead atoms. The molecule has 137 valence electrons. The maximum absolute atomic E-state index is 12.4. The summed E-state index contributed by atoms with van der Waals surface area (Å²) < 4.78 is 0. The lowest BCUT2D eigenvalue weighted by Gasteiger charge is -2.23. The molecule has 0 saturated heterocycles. The van der Waals surface area contributed by atoms with Gasteiger partial charge in [-0.2, -0.15) is 10.9 Å². The van der Waals surface area contributed by atoms with Crippen LogP contribution in [0.4, 0.5) is 0 Å². The molecule has 0 saturated carbocycles. The van der Waals surface area contributed by atoms with Gasteiger partial charge in [-0.3, -0.25) is 4.79 Å². The molecule has 0 atom stereocenters. The van der Waals surface area contributed by atoms with Crippen LogP contribution >= 0.6 is 0 Å². The summed E-state index contributed by atoms with van der Waals surface area (Å²) in [5, 5.41) is 25.1. The van der Waals surface area contributed by atoms with Crippen LogP contribution in [-0.2, 0) is 4.79 Å². The Hall–Kier alpha value is -1.74. The molecule has 1 aromatic rings. The van der Waals surface area contributed by atoms with Crippen molar-refractivity contribution in [1.82, 2.24) is 15.9 Å². The summed E-state index contributed by atoms with van der Waals surface area (Å²) in [5.74, 6) is 8.20. The number of benzene rings is 1. The SMILES string of the molecule is CC(C)CN([NH])CC(=O)N(CC(C)C)/N=C/c1ccc(B(O)O)cc1. The summed E-state index contributed by atoms with van der Waals surface area (Å²) >= 11 is 0. The van der Waals surface area contributed by atoms with Gasteiger partial charge in [0.15, 0.2) is 0 Å². The van der Waals surface area contributed by atoms with E-state index in [1.807, 2.05) is 27.7 Å². The Morgan fingerprint density at radius 3 is 2.20 bits per heavy atom. The molecule has 1 aromatic carbocycles. The number of nitrogens with one attached hydrogen (secondary N) is 1. The number of amides is 1. The summed E-state index contributed by atoms with van der Waals surface area (Å²) in [6.07, 6.45) is 1.56. The molecule has 0 aliphatic rings. The lowest BCUT2D eigenvalue weighted by Crippen LogP contribution is -2.40. The second kappa shape index (κ2) is 10.3. The monoisotopic (exact) mass is 347 g/mol. The van der Waals surface area contributed by atoms with E-state index in [1.165, 1.54) is 10.0 Å². The molecule has 0 heterocycles. The van der Waals surface area contributed by atoms with Gasteiger partial charge in [0.25, 0.3) is 5.91 Å². The first-order chi connectivity index (χ1) is 11.7. The van der Waals surface area contributed by atoms with Crippen LogP contribution in [-0.4, -0.2) is 58.9 Å². The van der Waals surface area contributed by atoms with Gasteiger partial charge in [0.05, 0.1) is 12.8 Å². The van der Waals surface area contributed by atoms with Crippen LogP contribution in [0.1, 0.15) is 33.3 Å². The van der Waals surface area contributed by atoms with Gasteiger partial charge >= 0.3 is 7.12 Å². The van der Waals surface area contributed by atoms with Crippen LogP contribution in [0.3, 0.4) is 0 Å². The van der Waals surface area contributed by atoms with Gasteiger partial charge in [0.2, 0.25) is 0 Å². The van der Waals surface area contributed by atoms with Gasteiger partial charge in [-0.1, -0.05) is 52.0 Å². The average Bonchev–Trinajstić information content (AvgIpc) is 2.50. The molecule has 1 rings (SSSR count). The number of hydrogen-bond donors (Lipinski definition) is 2. The largest absolute Gasteiger partial charge is 0.488 e. The first-order valence-electron chi connectivity index (χ1n) is 8.45. The van der Waals surface area contributed by atoms with E-state index in [0.717, 1.165) is 5.56 Å². The van der Waals surface area contributed by atoms with Crippen LogP contribution in [0.5, 0.6) is 0 Å². The molecule has 0 aromatic heterocycles. The zero-order chi connectivity index (χ0) is 19.0. The predicted octanol–water partition coefficient (Wildman–Crippen LogP) is 0.341. The number of carbonyl (C=O) groups excluding carboxylic acids is 1. The van der Waals surface area contributed by atoms with E-state index in [-0.39, 0.29) is 18.4 Å². The molecule has 1 amide bonds. The fraction of sp³-hybridized carbons (Fsp3) is 0.529. The molecule has 0 unspecified atom stereocenters. The van der Waals surface area contributed by atoms with Gasteiger partial charge in [0, 0.05) is 13.1 Å². The zero-order valence-corrected chi connectivity index (χ0v) is 15.4. The Bertz CT molecular complexity index is 562. The van der Waals surface area contributed by atoms with Crippen molar-refractivity contribution in [2.24, 2.45) is 16.9 Å². The van der Waals surface area contributed by atoms with E-state index in [9.17, 15) is 4.79 Å². The summed E-state index contributed by atoms with van der Waals surface area (Å²) in [7, 11) is -1.51. The lowest BCUT2D eigenvalue weighted by molar-refractivity contribution is -0.133. The van der Waals surface area contributed by atoms with Crippen LogP contribution in [0.2, 0.25) is 0 Å². The van der Waals surface area contributed by atoms with E-state index >= 15 is 0 Å². The molecule has 8 heteroatoms. The molecule has 1 radical (unpaired) electrons. The first-order valence-corrected chi connectivity index (χ1v) is 8.45. The Balaban J connectivity index is 2.78. The van der Waals surface area contributed by atoms with Gasteiger partial charge in [-0.25, -0.2) is 10.0 Å². The van der Waals surface area contributed by atoms with Gasteiger partial charge in [-0.05, 0) is 22.9 Å². The smallest absolute Gasteiger partial charge is 0.423 e.